The standard InChI is InChI=1S/C23H20N4O7/c24-12-7-11(22-26-2-1-3-27-22)10-5-8-4-9-6-13(28)16(21(25)33)20(32)23(9,34)19(31)14(8)18(30)15(10)17(12)29/h1-3,7-9,29-30,32,34H,4-6,24H2,(H2,25,33). The average Bonchev–Trinajstić information content (AvgIpc) is 2.79. The lowest BCUT2D eigenvalue weighted by molar-refractivity contribution is -0.147. The summed E-state index contributed by atoms with van der Waals surface area (Å²) in [6.07, 6.45) is 2.82. The third-order valence-electron chi connectivity index (χ3n) is 6.90. The third kappa shape index (κ3) is 2.70. The highest BCUT2D eigenvalue weighted by Gasteiger charge is 2.60. The Bertz CT molecular complexity index is 1370. The van der Waals surface area contributed by atoms with Crippen molar-refractivity contribution in [3.63, 3.8) is 0 Å². The Morgan fingerprint density at radius 3 is 2.44 bits per heavy atom. The zero-order valence-electron chi connectivity index (χ0n) is 17.6. The molecule has 3 aliphatic carbocycles. The number of primary amides is 1. The molecule has 0 spiro atoms. The first kappa shape index (κ1) is 21.6. The summed E-state index contributed by atoms with van der Waals surface area (Å²) in [4.78, 5) is 46.1. The van der Waals surface area contributed by atoms with Gasteiger partial charge in [-0.25, -0.2) is 9.97 Å². The summed E-state index contributed by atoms with van der Waals surface area (Å²) in [6, 6.07) is 3.09. The molecule has 2 aromatic rings. The van der Waals surface area contributed by atoms with Crippen molar-refractivity contribution in [1.82, 2.24) is 9.97 Å². The van der Waals surface area contributed by atoms with Crippen molar-refractivity contribution < 1.29 is 34.8 Å². The van der Waals surface area contributed by atoms with Gasteiger partial charge in [0, 0.05) is 35.9 Å². The van der Waals surface area contributed by atoms with E-state index >= 15 is 0 Å². The smallest absolute Gasteiger partial charge is 0.255 e. The number of phenolic OH excluding ortho intramolecular Hbond substituents is 1. The van der Waals surface area contributed by atoms with Crippen LogP contribution in [0.1, 0.15) is 24.0 Å². The van der Waals surface area contributed by atoms with E-state index < -0.39 is 57.8 Å². The van der Waals surface area contributed by atoms with Crippen LogP contribution in [-0.2, 0) is 20.8 Å². The zero-order chi connectivity index (χ0) is 24.5. The molecular formula is C23H20N4O7. The van der Waals surface area contributed by atoms with Gasteiger partial charge in [0.05, 0.1) is 11.3 Å². The van der Waals surface area contributed by atoms with Gasteiger partial charge in [-0.2, -0.15) is 0 Å². The van der Waals surface area contributed by atoms with Crippen molar-refractivity contribution in [1.29, 1.82) is 0 Å². The summed E-state index contributed by atoms with van der Waals surface area (Å²) in [7, 11) is 0. The van der Waals surface area contributed by atoms with E-state index in [9.17, 15) is 34.8 Å². The Balaban J connectivity index is 1.74. The number of carbonyl (C=O) groups excluding carboxylic acids is 3. The summed E-state index contributed by atoms with van der Waals surface area (Å²) in [5, 5.41) is 43.7. The van der Waals surface area contributed by atoms with Gasteiger partial charge in [0.25, 0.3) is 5.91 Å². The van der Waals surface area contributed by atoms with Crippen molar-refractivity contribution in [3.8, 4) is 17.1 Å². The molecule has 3 unspecified atom stereocenters. The second-order valence-electron chi connectivity index (χ2n) is 8.69. The maximum Gasteiger partial charge on any atom is 0.255 e. The Morgan fingerprint density at radius 1 is 1.12 bits per heavy atom. The van der Waals surface area contributed by atoms with Crippen LogP contribution in [0.5, 0.6) is 5.75 Å². The number of aliphatic hydroxyl groups excluding tert-OH is 2. The van der Waals surface area contributed by atoms with Crippen LogP contribution in [0.3, 0.4) is 0 Å². The highest BCUT2D eigenvalue weighted by Crippen LogP contribution is 2.53. The van der Waals surface area contributed by atoms with Gasteiger partial charge in [0.2, 0.25) is 5.78 Å². The van der Waals surface area contributed by atoms with Crippen LogP contribution in [0.25, 0.3) is 17.1 Å². The number of phenols is 1. The maximum atomic E-state index is 13.5. The number of aromatic nitrogens is 2. The lowest BCUT2D eigenvalue weighted by Crippen LogP contribution is -2.58. The number of aliphatic hydroxyl groups is 3. The van der Waals surface area contributed by atoms with Gasteiger partial charge in [-0.1, -0.05) is 0 Å². The minimum Gasteiger partial charge on any atom is -0.508 e. The number of carbonyl (C=O) groups is 3. The Labute approximate surface area is 192 Å². The monoisotopic (exact) mass is 464 g/mol. The Hall–Kier alpha value is -4.25. The van der Waals surface area contributed by atoms with Crippen LogP contribution in [0.2, 0.25) is 0 Å². The molecule has 11 nitrogen and oxygen atoms in total. The van der Waals surface area contributed by atoms with Crippen LogP contribution in [0, 0.1) is 11.8 Å². The second kappa shape index (κ2) is 7.12. The first-order valence-corrected chi connectivity index (χ1v) is 10.5. The number of aromatic hydroxyl groups is 1. The molecule has 8 N–H and O–H groups in total. The molecule has 1 fully saturated rings. The minimum atomic E-state index is -2.61. The predicted molar refractivity (Wildman–Crippen MR) is 117 cm³/mol. The number of hydrogen-bond acceptors (Lipinski definition) is 10. The van der Waals surface area contributed by atoms with E-state index in [-0.39, 0.29) is 36.1 Å². The normalized spacial score (nSPS) is 26.1. The van der Waals surface area contributed by atoms with E-state index in [1.54, 1.807) is 6.07 Å². The average molecular weight is 464 g/mol. The number of anilines is 1. The lowest BCUT2D eigenvalue weighted by Gasteiger charge is -2.46. The van der Waals surface area contributed by atoms with E-state index in [1.165, 1.54) is 18.5 Å². The van der Waals surface area contributed by atoms with Crippen LogP contribution >= 0.6 is 0 Å². The number of ketones is 2. The largest absolute Gasteiger partial charge is 0.508 e. The van der Waals surface area contributed by atoms with Crippen molar-refractivity contribution in [3.05, 3.63) is 52.6 Å². The predicted octanol–water partition coefficient (Wildman–Crippen LogP) is 0.463. The molecule has 5 rings (SSSR count). The fourth-order valence-electron chi connectivity index (χ4n) is 5.35. The van der Waals surface area contributed by atoms with E-state index in [0.717, 1.165) is 0 Å². The third-order valence-corrected chi connectivity index (χ3v) is 6.90. The van der Waals surface area contributed by atoms with Crippen molar-refractivity contribution in [2.24, 2.45) is 17.6 Å². The molecule has 1 heterocycles. The summed E-state index contributed by atoms with van der Waals surface area (Å²) in [5.74, 6) is -6.72. The number of amides is 1. The molecule has 0 bridgehead atoms. The molecule has 3 aliphatic rings. The SMILES string of the molecule is NC(=O)C1=C(O)C2(O)C(=O)C3=C(O)c4c(O)c(N)cc(-c5ncccn5)c4CC3CC2CC1=O. The van der Waals surface area contributed by atoms with E-state index in [2.05, 4.69) is 9.97 Å². The number of nitrogens with two attached hydrogens (primary N) is 2. The van der Waals surface area contributed by atoms with E-state index in [1.807, 2.05) is 0 Å². The number of fused-ring (bicyclic) bond motifs is 3. The van der Waals surface area contributed by atoms with Gasteiger partial charge in [0.1, 0.15) is 22.8 Å². The summed E-state index contributed by atoms with van der Waals surface area (Å²) in [5.41, 5.74) is 8.16. The summed E-state index contributed by atoms with van der Waals surface area (Å²) < 4.78 is 0. The van der Waals surface area contributed by atoms with Crippen molar-refractivity contribution in [2.45, 2.75) is 24.9 Å². The number of hydrogen-bond donors (Lipinski definition) is 6. The fraction of sp³-hybridized carbons (Fsp3) is 0.261. The molecule has 1 aromatic heterocycles. The Kier molecular flexibility index (Phi) is 4.52. The number of Topliss-reactive ketones (excluding diaryl/α,β-unsaturated/α-hetero) is 2. The Morgan fingerprint density at radius 2 is 1.79 bits per heavy atom. The number of rotatable bonds is 2. The molecule has 3 atom stereocenters. The molecule has 0 radical (unpaired) electrons. The second-order valence-corrected chi connectivity index (χ2v) is 8.69. The molecule has 11 heteroatoms. The van der Waals surface area contributed by atoms with Gasteiger partial charge in [-0.15, -0.1) is 0 Å². The molecule has 1 saturated carbocycles. The number of nitrogen functional groups attached to an aromatic ring is 1. The van der Waals surface area contributed by atoms with E-state index in [0.29, 0.717) is 17.0 Å². The molecular weight excluding hydrogens is 444 g/mol. The maximum absolute atomic E-state index is 13.5. The van der Waals surface area contributed by atoms with Crippen LogP contribution in [0.4, 0.5) is 5.69 Å². The van der Waals surface area contributed by atoms with Crippen LogP contribution in [-0.4, -0.2) is 53.5 Å². The quantitative estimate of drug-likeness (QED) is 0.205. The van der Waals surface area contributed by atoms with E-state index in [4.69, 9.17) is 11.5 Å². The number of nitrogens with zero attached hydrogens (tertiary/aromatic N) is 2. The van der Waals surface area contributed by atoms with Gasteiger partial charge in [0.15, 0.2) is 17.2 Å². The van der Waals surface area contributed by atoms with Gasteiger partial charge < -0.3 is 31.9 Å². The first-order valence-electron chi connectivity index (χ1n) is 10.5. The topological polar surface area (TPSA) is 210 Å². The van der Waals surface area contributed by atoms with Gasteiger partial charge in [-0.3, -0.25) is 14.4 Å². The van der Waals surface area contributed by atoms with Gasteiger partial charge >= 0.3 is 0 Å². The van der Waals surface area contributed by atoms with Crippen LogP contribution < -0.4 is 11.5 Å². The number of benzene rings is 1. The lowest BCUT2D eigenvalue weighted by atomic mass is 9.59. The molecule has 0 aliphatic heterocycles. The molecule has 1 aromatic carbocycles. The highest BCUT2D eigenvalue weighted by atomic mass is 16.3. The summed E-state index contributed by atoms with van der Waals surface area (Å²) in [6.45, 7) is 0. The molecule has 34 heavy (non-hydrogen) atoms. The molecule has 1 amide bonds. The molecule has 0 saturated heterocycles. The highest BCUT2D eigenvalue weighted by molar-refractivity contribution is 6.22. The molecule has 174 valence electrons. The van der Waals surface area contributed by atoms with Gasteiger partial charge in [-0.05, 0) is 36.5 Å². The van der Waals surface area contributed by atoms with Crippen molar-refractivity contribution in [2.75, 3.05) is 5.73 Å². The minimum absolute atomic E-state index is 0.0309. The fourth-order valence-corrected chi connectivity index (χ4v) is 5.35. The zero-order valence-corrected chi connectivity index (χ0v) is 17.6. The van der Waals surface area contributed by atoms with Crippen molar-refractivity contribution >= 4 is 28.9 Å². The summed E-state index contributed by atoms with van der Waals surface area (Å²) >= 11 is 0. The van der Waals surface area contributed by atoms with Crippen LogP contribution in [0.15, 0.2) is 41.4 Å². The first-order chi connectivity index (χ1) is 16.1.